The second kappa shape index (κ2) is 10.3. The van der Waals surface area contributed by atoms with Crippen LogP contribution in [0.3, 0.4) is 0 Å². The topological polar surface area (TPSA) is 48.0 Å². The molecule has 0 unspecified atom stereocenters. The molecule has 0 spiro atoms. The zero-order valence-corrected chi connectivity index (χ0v) is 16.3. The normalized spacial score (nSPS) is 21.4. The average Bonchev–Trinajstić information content (AvgIpc) is 2.68. The number of morpholine rings is 1. The number of nitrogens with zero attached hydrogens (tertiary/aromatic N) is 1. The van der Waals surface area contributed by atoms with Gasteiger partial charge in [-0.1, -0.05) is 30.3 Å². The van der Waals surface area contributed by atoms with Gasteiger partial charge in [-0.2, -0.15) is 0 Å². The highest BCUT2D eigenvalue weighted by Crippen LogP contribution is 2.36. The third kappa shape index (κ3) is 5.19. The van der Waals surface area contributed by atoms with Gasteiger partial charge in [0.05, 0.1) is 18.6 Å². The lowest BCUT2D eigenvalue weighted by molar-refractivity contribution is -0.160. The van der Waals surface area contributed by atoms with E-state index in [1.54, 1.807) is 0 Å². The molecule has 0 amide bonds. The second-order valence-corrected chi connectivity index (χ2v) is 7.02. The Morgan fingerprint density at radius 1 is 1.12 bits per heavy atom. The molecule has 2 aliphatic heterocycles. The van der Waals surface area contributed by atoms with E-state index >= 15 is 0 Å². The summed E-state index contributed by atoms with van der Waals surface area (Å²) < 4.78 is 16.8. The summed E-state index contributed by atoms with van der Waals surface area (Å²) in [5.74, 6) is -0.100. The Balaban J connectivity index is 0.00000243. The van der Waals surface area contributed by atoms with Gasteiger partial charge in [-0.25, -0.2) is 0 Å². The summed E-state index contributed by atoms with van der Waals surface area (Å²) >= 11 is 0. The van der Waals surface area contributed by atoms with E-state index in [2.05, 4.69) is 4.90 Å². The molecule has 2 aliphatic rings. The van der Waals surface area contributed by atoms with E-state index in [1.807, 2.05) is 37.3 Å². The number of benzene rings is 1. The Bertz CT molecular complexity index is 542. The van der Waals surface area contributed by atoms with Gasteiger partial charge in [0.1, 0.15) is 6.10 Å². The molecule has 1 atom stereocenters. The molecule has 0 radical (unpaired) electrons. The predicted octanol–water partition coefficient (Wildman–Crippen LogP) is 2.81. The summed E-state index contributed by atoms with van der Waals surface area (Å²) in [5.41, 5.74) is 0.482. The minimum atomic E-state index is -0.563. The molecule has 0 aliphatic carbocycles. The molecule has 0 N–H and O–H groups in total. The Morgan fingerprint density at radius 3 is 2.38 bits per heavy atom. The minimum absolute atomic E-state index is 0. The first-order valence-electron chi connectivity index (χ1n) is 9.35. The van der Waals surface area contributed by atoms with Crippen molar-refractivity contribution in [3.8, 4) is 0 Å². The molecule has 2 fully saturated rings. The largest absolute Gasteiger partial charge is 0.462 e. The highest BCUT2D eigenvalue weighted by molar-refractivity contribution is 5.85. The average molecular weight is 384 g/mol. The Hall–Kier alpha value is -1.14. The van der Waals surface area contributed by atoms with Crippen molar-refractivity contribution in [2.24, 2.45) is 0 Å². The van der Waals surface area contributed by atoms with Crippen LogP contribution in [0.1, 0.15) is 31.7 Å². The van der Waals surface area contributed by atoms with Gasteiger partial charge >= 0.3 is 5.97 Å². The maximum Gasteiger partial charge on any atom is 0.317 e. The summed E-state index contributed by atoms with van der Waals surface area (Å²) in [6, 6.07) is 10.0. The van der Waals surface area contributed by atoms with Crippen LogP contribution in [0.4, 0.5) is 0 Å². The van der Waals surface area contributed by atoms with Crippen LogP contribution in [0.15, 0.2) is 30.3 Å². The van der Waals surface area contributed by atoms with Crippen molar-refractivity contribution >= 4 is 18.4 Å². The number of carbonyl (C=O) groups is 1. The lowest BCUT2D eigenvalue weighted by Gasteiger charge is -2.36. The van der Waals surface area contributed by atoms with Crippen LogP contribution in [-0.4, -0.2) is 63.0 Å². The molecule has 2 heterocycles. The van der Waals surface area contributed by atoms with Crippen molar-refractivity contribution in [2.75, 3.05) is 46.1 Å². The summed E-state index contributed by atoms with van der Waals surface area (Å²) in [4.78, 5) is 15.4. The zero-order chi connectivity index (χ0) is 17.5. The van der Waals surface area contributed by atoms with E-state index in [4.69, 9.17) is 14.2 Å². The first kappa shape index (κ1) is 21.2. The van der Waals surface area contributed by atoms with E-state index in [0.717, 1.165) is 44.8 Å². The van der Waals surface area contributed by atoms with E-state index in [9.17, 15) is 4.79 Å². The van der Waals surface area contributed by atoms with Gasteiger partial charge in [-0.05, 0) is 31.7 Å². The fraction of sp³-hybridized carbons (Fsp3) is 0.650. The number of halogens is 1. The van der Waals surface area contributed by atoms with Crippen LogP contribution in [0.2, 0.25) is 0 Å². The first-order chi connectivity index (χ1) is 12.2. The Labute approximate surface area is 162 Å². The smallest absolute Gasteiger partial charge is 0.317 e. The summed E-state index contributed by atoms with van der Waals surface area (Å²) in [7, 11) is 0. The van der Waals surface area contributed by atoms with Crippen molar-refractivity contribution in [3.63, 3.8) is 0 Å². The van der Waals surface area contributed by atoms with Gasteiger partial charge < -0.3 is 14.2 Å². The SMILES string of the molecule is C[C@@H](CCN1CCOCC1)OC(=O)C1(c2ccccc2)CCOCC1.Cl. The van der Waals surface area contributed by atoms with Crippen LogP contribution < -0.4 is 0 Å². The Kier molecular flexibility index (Phi) is 8.35. The van der Waals surface area contributed by atoms with E-state index in [0.29, 0.717) is 26.1 Å². The minimum Gasteiger partial charge on any atom is -0.462 e. The maximum atomic E-state index is 13.1. The second-order valence-electron chi connectivity index (χ2n) is 7.02. The number of esters is 1. The van der Waals surface area contributed by atoms with E-state index in [1.165, 1.54) is 0 Å². The van der Waals surface area contributed by atoms with Gasteiger partial charge in [0.15, 0.2) is 0 Å². The summed E-state index contributed by atoms with van der Waals surface area (Å²) in [5, 5.41) is 0. The number of hydrogen-bond acceptors (Lipinski definition) is 5. The van der Waals surface area contributed by atoms with Crippen LogP contribution in [0.5, 0.6) is 0 Å². The van der Waals surface area contributed by atoms with Crippen LogP contribution in [0.25, 0.3) is 0 Å². The lowest BCUT2D eigenvalue weighted by Crippen LogP contribution is -2.44. The molecule has 3 rings (SSSR count). The molecule has 5 nitrogen and oxygen atoms in total. The van der Waals surface area contributed by atoms with Gasteiger partial charge in [-0.15, -0.1) is 12.4 Å². The maximum absolute atomic E-state index is 13.1. The number of rotatable bonds is 6. The molecule has 0 bridgehead atoms. The highest BCUT2D eigenvalue weighted by Gasteiger charge is 2.43. The monoisotopic (exact) mass is 383 g/mol. The standard InChI is InChI=1S/C20H29NO4.ClH/c1-17(7-10-21-11-15-24-16-12-21)25-19(22)20(8-13-23-14-9-20)18-5-3-2-4-6-18;/h2-6,17H,7-16H2,1H3;1H/t17-;/m0./s1. The van der Waals surface area contributed by atoms with E-state index < -0.39 is 5.41 Å². The predicted molar refractivity (Wildman–Crippen MR) is 103 cm³/mol. The van der Waals surface area contributed by atoms with Crippen molar-refractivity contribution in [3.05, 3.63) is 35.9 Å². The number of carbonyl (C=O) groups excluding carboxylic acids is 1. The molecular weight excluding hydrogens is 354 g/mol. The molecule has 146 valence electrons. The third-order valence-corrected chi connectivity index (χ3v) is 5.33. The third-order valence-electron chi connectivity index (χ3n) is 5.33. The number of ether oxygens (including phenoxy) is 3. The molecule has 6 heteroatoms. The molecule has 2 saturated heterocycles. The highest BCUT2D eigenvalue weighted by atomic mass is 35.5. The number of hydrogen-bond donors (Lipinski definition) is 0. The summed E-state index contributed by atoms with van der Waals surface area (Å²) in [6.45, 7) is 7.67. The van der Waals surface area contributed by atoms with Crippen molar-refractivity contribution in [2.45, 2.75) is 37.7 Å². The van der Waals surface area contributed by atoms with Crippen molar-refractivity contribution in [1.82, 2.24) is 4.90 Å². The Morgan fingerprint density at radius 2 is 1.73 bits per heavy atom. The van der Waals surface area contributed by atoms with Gasteiger partial charge in [0.25, 0.3) is 0 Å². The molecule has 1 aromatic rings. The molecule has 0 saturated carbocycles. The van der Waals surface area contributed by atoms with Crippen LogP contribution in [0, 0.1) is 0 Å². The van der Waals surface area contributed by atoms with Gasteiger partial charge in [0, 0.05) is 32.8 Å². The lowest BCUT2D eigenvalue weighted by atomic mass is 9.74. The van der Waals surface area contributed by atoms with Crippen LogP contribution >= 0.6 is 12.4 Å². The zero-order valence-electron chi connectivity index (χ0n) is 15.5. The summed E-state index contributed by atoms with van der Waals surface area (Å²) in [6.07, 6.45) is 2.14. The van der Waals surface area contributed by atoms with Gasteiger partial charge in [-0.3, -0.25) is 9.69 Å². The first-order valence-corrected chi connectivity index (χ1v) is 9.35. The molecular formula is C20H30ClNO4. The quantitative estimate of drug-likeness (QED) is 0.707. The van der Waals surface area contributed by atoms with E-state index in [-0.39, 0.29) is 24.5 Å². The molecule has 0 aromatic heterocycles. The molecule has 26 heavy (non-hydrogen) atoms. The fourth-order valence-corrected chi connectivity index (χ4v) is 3.63. The van der Waals surface area contributed by atoms with Gasteiger partial charge in [0.2, 0.25) is 0 Å². The van der Waals surface area contributed by atoms with Crippen LogP contribution in [-0.2, 0) is 24.4 Å². The van der Waals surface area contributed by atoms with Crippen molar-refractivity contribution in [1.29, 1.82) is 0 Å². The van der Waals surface area contributed by atoms with Crippen molar-refractivity contribution < 1.29 is 19.0 Å². The fourth-order valence-electron chi connectivity index (χ4n) is 3.63. The molecule has 1 aromatic carbocycles.